The summed E-state index contributed by atoms with van der Waals surface area (Å²) in [4.78, 5) is 19.0. The summed E-state index contributed by atoms with van der Waals surface area (Å²) in [5.74, 6) is -0.00374. The molecule has 1 aliphatic rings. The maximum absolute atomic E-state index is 12.5. The van der Waals surface area contributed by atoms with Crippen LogP contribution in [0.5, 0.6) is 0 Å². The fourth-order valence-corrected chi connectivity index (χ4v) is 4.22. The number of fused-ring (bicyclic) bond motifs is 1. The largest absolute Gasteiger partial charge is 0.342 e. The quantitative estimate of drug-likeness (QED) is 0.631. The number of thioether (sulfide) groups is 1. The number of benzene rings is 2. The Bertz CT molecular complexity index is 1080. The van der Waals surface area contributed by atoms with Crippen molar-refractivity contribution in [1.29, 1.82) is 0 Å². The maximum atomic E-state index is 12.5. The van der Waals surface area contributed by atoms with Crippen LogP contribution in [-0.2, 0) is 11.3 Å². The number of aryl methyl sites for hydroxylation is 1. The molecule has 1 aromatic heterocycles. The van der Waals surface area contributed by atoms with Crippen LogP contribution in [0.15, 0.2) is 64.6 Å². The molecule has 0 atom stereocenters. The van der Waals surface area contributed by atoms with Crippen molar-refractivity contribution < 1.29 is 4.79 Å². The number of para-hydroxylation sites is 1. The first-order valence-corrected chi connectivity index (χ1v) is 9.66. The number of hydrogen-bond donors (Lipinski definition) is 0. The first-order valence-electron chi connectivity index (χ1n) is 8.84. The SMILES string of the molecule is CN=C1SC(=Cc2cn(Cc3ccc(C)cc3)c3ccccc23)C(=O)N1C. The highest BCUT2D eigenvalue weighted by atomic mass is 32.2. The first kappa shape index (κ1) is 17.6. The van der Waals surface area contributed by atoms with Crippen molar-refractivity contribution in [2.75, 3.05) is 14.1 Å². The van der Waals surface area contributed by atoms with Gasteiger partial charge in [-0.15, -0.1) is 0 Å². The topological polar surface area (TPSA) is 37.6 Å². The van der Waals surface area contributed by atoms with Gasteiger partial charge in [0.15, 0.2) is 5.17 Å². The summed E-state index contributed by atoms with van der Waals surface area (Å²) in [5, 5.41) is 1.88. The van der Waals surface area contributed by atoms with E-state index in [0.717, 1.165) is 28.2 Å². The van der Waals surface area contributed by atoms with E-state index in [1.54, 1.807) is 19.0 Å². The molecule has 0 unspecified atom stereocenters. The molecule has 27 heavy (non-hydrogen) atoms. The van der Waals surface area contributed by atoms with Crippen LogP contribution in [0.3, 0.4) is 0 Å². The summed E-state index contributed by atoms with van der Waals surface area (Å²) in [6.45, 7) is 2.90. The molecule has 0 bridgehead atoms. The van der Waals surface area contributed by atoms with Crippen molar-refractivity contribution >= 4 is 39.8 Å². The van der Waals surface area contributed by atoms with Gasteiger partial charge in [0.05, 0.1) is 4.91 Å². The summed E-state index contributed by atoms with van der Waals surface area (Å²) < 4.78 is 2.25. The summed E-state index contributed by atoms with van der Waals surface area (Å²) in [5.41, 5.74) is 4.74. The molecule has 0 N–H and O–H groups in total. The van der Waals surface area contributed by atoms with E-state index < -0.39 is 0 Å². The Hall–Kier alpha value is -2.79. The molecule has 1 saturated heterocycles. The number of amidine groups is 1. The van der Waals surface area contributed by atoms with E-state index in [0.29, 0.717) is 4.91 Å². The summed E-state index contributed by atoms with van der Waals surface area (Å²) in [7, 11) is 3.47. The van der Waals surface area contributed by atoms with Gasteiger partial charge in [-0.25, -0.2) is 0 Å². The van der Waals surface area contributed by atoms with E-state index in [2.05, 4.69) is 65.1 Å². The second kappa shape index (κ2) is 7.08. The lowest BCUT2D eigenvalue weighted by Gasteiger charge is -2.06. The molecule has 136 valence electrons. The van der Waals surface area contributed by atoms with Gasteiger partial charge in [0, 0.05) is 43.3 Å². The molecule has 0 aliphatic carbocycles. The van der Waals surface area contributed by atoms with E-state index in [1.807, 2.05) is 12.1 Å². The average Bonchev–Trinajstić information content (AvgIpc) is 3.16. The Morgan fingerprint density at radius 2 is 1.85 bits per heavy atom. The second-order valence-corrected chi connectivity index (χ2v) is 7.71. The fourth-order valence-electron chi connectivity index (χ4n) is 3.30. The number of likely N-dealkylation sites (N-methyl/N-ethyl adjacent to an activating group) is 1. The van der Waals surface area contributed by atoms with Gasteiger partial charge in [0.2, 0.25) is 0 Å². The van der Waals surface area contributed by atoms with Crippen molar-refractivity contribution in [2.24, 2.45) is 4.99 Å². The highest BCUT2D eigenvalue weighted by Crippen LogP contribution is 2.33. The fraction of sp³-hybridized carbons (Fsp3) is 0.182. The summed E-state index contributed by atoms with van der Waals surface area (Å²) in [6.07, 6.45) is 4.11. The third kappa shape index (κ3) is 3.30. The van der Waals surface area contributed by atoms with Crippen molar-refractivity contribution in [2.45, 2.75) is 13.5 Å². The summed E-state index contributed by atoms with van der Waals surface area (Å²) in [6, 6.07) is 16.9. The minimum Gasteiger partial charge on any atom is -0.342 e. The molecule has 4 rings (SSSR count). The summed E-state index contributed by atoms with van der Waals surface area (Å²) >= 11 is 1.42. The van der Waals surface area contributed by atoms with E-state index >= 15 is 0 Å². The van der Waals surface area contributed by atoms with Crippen LogP contribution in [0.2, 0.25) is 0 Å². The van der Waals surface area contributed by atoms with Crippen molar-refractivity contribution in [3.05, 3.63) is 76.3 Å². The van der Waals surface area contributed by atoms with Crippen LogP contribution in [0, 0.1) is 6.92 Å². The smallest absolute Gasteiger partial charge is 0.266 e. The molecule has 2 aromatic carbocycles. The Morgan fingerprint density at radius 3 is 2.56 bits per heavy atom. The van der Waals surface area contributed by atoms with E-state index in [4.69, 9.17) is 0 Å². The minimum atomic E-state index is -0.00374. The first-order chi connectivity index (χ1) is 13.1. The third-order valence-electron chi connectivity index (χ3n) is 4.77. The van der Waals surface area contributed by atoms with E-state index in [1.165, 1.54) is 22.9 Å². The Labute approximate surface area is 163 Å². The normalized spacial score (nSPS) is 17.6. The number of nitrogens with zero attached hydrogens (tertiary/aromatic N) is 3. The molecular weight excluding hydrogens is 354 g/mol. The number of aromatic nitrogens is 1. The van der Waals surface area contributed by atoms with Gasteiger partial charge in [-0.3, -0.25) is 14.7 Å². The molecule has 1 aliphatic heterocycles. The molecule has 0 radical (unpaired) electrons. The zero-order chi connectivity index (χ0) is 19.0. The van der Waals surface area contributed by atoms with Gasteiger partial charge in [-0.05, 0) is 36.4 Å². The molecule has 2 heterocycles. The molecule has 1 amide bonds. The van der Waals surface area contributed by atoms with Crippen LogP contribution in [0.1, 0.15) is 16.7 Å². The monoisotopic (exact) mass is 375 g/mol. The van der Waals surface area contributed by atoms with Crippen LogP contribution in [0.25, 0.3) is 17.0 Å². The zero-order valence-corrected chi connectivity index (χ0v) is 16.5. The van der Waals surface area contributed by atoms with Crippen LogP contribution in [-0.4, -0.2) is 34.6 Å². The lowest BCUT2D eigenvalue weighted by Crippen LogP contribution is -2.23. The van der Waals surface area contributed by atoms with Gasteiger partial charge in [0.25, 0.3) is 5.91 Å². The third-order valence-corrected chi connectivity index (χ3v) is 5.93. The van der Waals surface area contributed by atoms with Crippen molar-refractivity contribution in [3.63, 3.8) is 0 Å². The lowest BCUT2D eigenvalue weighted by molar-refractivity contribution is -0.121. The van der Waals surface area contributed by atoms with Gasteiger partial charge >= 0.3 is 0 Å². The van der Waals surface area contributed by atoms with Crippen LogP contribution < -0.4 is 0 Å². The van der Waals surface area contributed by atoms with Crippen LogP contribution >= 0.6 is 11.8 Å². The molecule has 0 spiro atoms. The number of rotatable bonds is 3. The lowest BCUT2D eigenvalue weighted by atomic mass is 10.1. The zero-order valence-electron chi connectivity index (χ0n) is 15.6. The standard InChI is InChI=1S/C22H21N3OS/c1-15-8-10-16(11-9-15)13-25-14-17(18-6-4-5-7-19(18)25)12-20-21(26)24(3)22(23-2)27-20/h4-12,14H,13H2,1-3H3. The molecule has 0 saturated carbocycles. The number of hydrogen-bond acceptors (Lipinski definition) is 3. The van der Waals surface area contributed by atoms with Crippen LogP contribution in [0.4, 0.5) is 0 Å². The molecular formula is C22H21N3OS. The molecule has 3 aromatic rings. The number of aliphatic imine (C=N–C) groups is 1. The number of carbonyl (C=O) groups excluding carboxylic acids is 1. The average molecular weight is 375 g/mol. The van der Waals surface area contributed by atoms with Gasteiger partial charge < -0.3 is 4.57 Å². The van der Waals surface area contributed by atoms with Gasteiger partial charge in [0.1, 0.15) is 0 Å². The second-order valence-electron chi connectivity index (χ2n) is 6.70. The van der Waals surface area contributed by atoms with Crippen molar-refractivity contribution in [3.8, 4) is 0 Å². The Morgan fingerprint density at radius 1 is 1.11 bits per heavy atom. The number of amides is 1. The number of carbonyl (C=O) groups is 1. The van der Waals surface area contributed by atoms with E-state index in [9.17, 15) is 4.79 Å². The highest BCUT2D eigenvalue weighted by Gasteiger charge is 2.30. The Kier molecular flexibility index (Phi) is 4.62. The Balaban J connectivity index is 1.75. The molecule has 5 heteroatoms. The highest BCUT2D eigenvalue weighted by molar-refractivity contribution is 8.18. The minimum absolute atomic E-state index is 0.00374. The van der Waals surface area contributed by atoms with Crippen molar-refractivity contribution in [1.82, 2.24) is 9.47 Å². The van der Waals surface area contributed by atoms with Gasteiger partial charge in [-0.1, -0.05) is 48.0 Å². The molecule has 1 fully saturated rings. The van der Waals surface area contributed by atoms with Gasteiger partial charge in [-0.2, -0.15) is 0 Å². The molecule has 4 nitrogen and oxygen atoms in total. The maximum Gasteiger partial charge on any atom is 0.266 e. The van der Waals surface area contributed by atoms with E-state index in [-0.39, 0.29) is 5.91 Å². The predicted octanol–water partition coefficient (Wildman–Crippen LogP) is 4.53. The predicted molar refractivity (Wildman–Crippen MR) is 114 cm³/mol.